The first-order chi connectivity index (χ1) is 11.0. The van der Waals surface area contributed by atoms with Crippen LogP contribution in [-0.4, -0.2) is 19.8 Å². The van der Waals surface area contributed by atoms with E-state index in [0.717, 1.165) is 12.1 Å². The summed E-state index contributed by atoms with van der Waals surface area (Å²) in [5, 5.41) is 21.8. The van der Waals surface area contributed by atoms with Gasteiger partial charge in [0, 0.05) is 24.5 Å². The molecule has 0 radical (unpaired) electrons. The van der Waals surface area contributed by atoms with Crippen LogP contribution in [0.25, 0.3) is 11.0 Å². The maximum Gasteiger partial charge on any atom is 0.318 e. The van der Waals surface area contributed by atoms with Crippen LogP contribution in [0.1, 0.15) is 0 Å². The SMILES string of the molecule is O=[N+]([O-])c1ccc(Oc2ccc3nccnc3c2)c([N+](=O)[O-])c1. The molecule has 23 heavy (non-hydrogen) atoms. The minimum atomic E-state index is -0.733. The summed E-state index contributed by atoms with van der Waals surface area (Å²) in [4.78, 5) is 28.6. The van der Waals surface area contributed by atoms with Crippen LogP contribution in [-0.2, 0) is 0 Å². The van der Waals surface area contributed by atoms with E-state index in [-0.39, 0.29) is 11.4 Å². The molecule has 0 aliphatic heterocycles. The summed E-state index contributed by atoms with van der Waals surface area (Å²) in [5.41, 5.74) is 0.347. The van der Waals surface area contributed by atoms with Crippen LogP contribution in [0.2, 0.25) is 0 Å². The molecule has 0 saturated carbocycles. The van der Waals surface area contributed by atoms with Crippen molar-refractivity contribution >= 4 is 22.4 Å². The molecule has 114 valence electrons. The number of hydrogen-bond donors (Lipinski definition) is 0. The van der Waals surface area contributed by atoms with Crippen molar-refractivity contribution in [3.05, 3.63) is 69.0 Å². The molecule has 9 nitrogen and oxygen atoms in total. The number of rotatable bonds is 4. The largest absolute Gasteiger partial charge is 0.450 e. The van der Waals surface area contributed by atoms with E-state index in [4.69, 9.17) is 4.74 Å². The van der Waals surface area contributed by atoms with Gasteiger partial charge in [-0.1, -0.05) is 0 Å². The van der Waals surface area contributed by atoms with Gasteiger partial charge in [-0.2, -0.15) is 0 Å². The Labute approximate surface area is 128 Å². The molecular weight excluding hydrogens is 304 g/mol. The molecule has 0 bridgehead atoms. The number of non-ortho nitro benzene ring substituents is 1. The van der Waals surface area contributed by atoms with Crippen LogP contribution >= 0.6 is 0 Å². The van der Waals surface area contributed by atoms with Gasteiger partial charge in [0.25, 0.3) is 5.69 Å². The van der Waals surface area contributed by atoms with Crippen molar-refractivity contribution in [3.63, 3.8) is 0 Å². The second-order valence-electron chi connectivity index (χ2n) is 4.48. The van der Waals surface area contributed by atoms with Crippen LogP contribution in [0.3, 0.4) is 0 Å². The number of nitro benzene ring substituents is 2. The Morgan fingerprint density at radius 2 is 1.61 bits per heavy atom. The van der Waals surface area contributed by atoms with Gasteiger partial charge in [0.1, 0.15) is 5.75 Å². The fraction of sp³-hybridized carbons (Fsp3) is 0. The topological polar surface area (TPSA) is 121 Å². The van der Waals surface area contributed by atoms with Gasteiger partial charge in [0.05, 0.1) is 26.9 Å². The van der Waals surface area contributed by atoms with E-state index in [9.17, 15) is 20.2 Å². The van der Waals surface area contributed by atoms with E-state index < -0.39 is 15.5 Å². The standard InChI is InChI=1S/C14H8N4O5/c19-17(20)9-1-4-14(13(7-9)18(21)22)23-10-2-3-11-12(8-10)16-6-5-15-11/h1-8H. The smallest absolute Gasteiger partial charge is 0.318 e. The average Bonchev–Trinajstić information content (AvgIpc) is 2.54. The summed E-state index contributed by atoms with van der Waals surface area (Å²) in [7, 11) is 0. The number of ether oxygens (including phenoxy) is 1. The molecule has 0 atom stereocenters. The molecular formula is C14H8N4O5. The molecule has 0 unspecified atom stereocenters. The Morgan fingerprint density at radius 3 is 2.30 bits per heavy atom. The fourth-order valence-electron chi connectivity index (χ4n) is 1.98. The molecule has 1 heterocycles. The normalized spacial score (nSPS) is 10.4. The molecule has 1 aromatic heterocycles. The monoisotopic (exact) mass is 312 g/mol. The van der Waals surface area contributed by atoms with Crippen molar-refractivity contribution < 1.29 is 14.6 Å². The van der Waals surface area contributed by atoms with Crippen LogP contribution in [0.5, 0.6) is 11.5 Å². The Kier molecular flexibility index (Phi) is 3.51. The number of nitrogens with zero attached hydrogens (tertiary/aromatic N) is 4. The molecule has 0 saturated heterocycles. The molecule has 0 N–H and O–H groups in total. The fourth-order valence-corrected chi connectivity index (χ4v) is 1.98. The number of aromatic nitrogens is 2. The third kappa shape index (κ3) is 2.88. The van der Waals surface area contributed by atoms with Gasteiger partial charge in [0.2, 0.25) is 5.75 Å². The maximum atomic E-state index is 11.1. The molecule has 0 spiro atoms. The second-order valence-corrected chi connectivity index (χ2v) is 4.48. The van der Waals surface area contributed by atoms with E-state index >= 15 is 0 Å². The summed E-state index contributed by atoms with van der Waals surface area (Å²) in [6, 6.07) is 8.01. The zero-order valence-electron chi connectivity index (χ0n) is 11.4. The van der Waals surface area contributed by atoms with Crippen LogP contribution < -0.4 is 4.74 Å². The lowest BCUT2D eigenvalue weighted by atomic mass is 10.2. The Balaban J connectivity index is 2.00. The van der Waals surface area contributed by atoms with Gasteiger partial charge in [-0.3, -0.25) is 30.2 Å². The summed E-state index contributed by atoms with van der Waals surface area (Å²) >= 11 is 0. The highest BCUT2D eigenvalue weighted by molar-refractivity contribution is 5.75. The molecule has 3 rings (SSSR count). The highest BCUT2D eigenvalue weighted by atomic mass is 16.6. The zero-order valence-corrected chi connectivity index (χ0v) is 11.4. The predicted molar refractivity (Wildman–Crippen MR) is 79.4 cm³/mol. The molecule has 9 heteroatoms. The van der Waals surface area contributed by atoms with E-state index in [1.54, 1.807) is 24.4 Å². The highest BCUT2D eigenvalue weighted by Gasteiger charge is 2.21. The van der Waals surface area contributed by atoms with E-state index in [0.29, 0.717) is 16.8 Å². The van der Waals surface area contributed by atoms with E-state index in [2.05, 4.69) is 9.97 Å². The van der Waals surface area contributed by atoms with E-state index in [1.807, 2.05) is 0 Å². The molecule has 0 aliphatic rings. The Hall–Kier alpha value is -3.62. The van der Waals surface area contributed by atoms with Gasteiger partial charge in [0.15, 0.2) is 0 Å². The van der Waals surface area contributed by atoms with E-state index in [1.165, 1.54) is 12.3 Å². The molecule has 2 aromatic carbocycles. The van der Waals surface area contributed by atoms with Gasteiger partial charge in [-0.05, 0) is 18.2 Å². The Morgan fingerprint density at radius 1 is 0.870 bits per heavy atom. The van der Waals surface area contributed by atoms with Gasteiger partial charge < -0.3 is 4.74 Å². The van der Waals surface area contributed by atoms with Crippen molar-refractivity contribution in [2.24, 2.45) is 0 Å². The number of benzene rings is 2. The summed E-state index contributed by atoms with van der Waals surface area (Å²) in [6.45, 7) is 0. The van der Waals surface area contributed by atoms with Crippen molar-refractivity contribution in [2.75, 3.05) is 0 Å². The summed E-state index contributed by atoms with van der Waals surface area (Å²) < 4.78 is 5.48. The van der Waals surface area contributed by atoms with Gasteiger partial charge in [-0.25, -0.2) is 0 Å². The van der Waals surface area contributed by atoms with Crippen LogP contribution in [0.4, 0.5) is 11.4 Å². The van der Waals surface area contributed by atoms with Gasteiger partial charge >= 0.3 is 5.69 Å². The average molecular weight is 312 g/mol. The summed E-state index contributed by atoms with van der Waals surface area (Å²) in [6.07, 6.45) is 3.06. The second kappa shape index (κ2) is 5.64. The lowest BCUT2D eigenvalue weighted by molar-refractivity contribution is -0.394. The maximum absolute atomic E-state index is 11.1. The van der Waals surface area contributed by atoms with Crippen molar-refractivity contribution in [3.8, 4) is 11.5 Å². The highest BCUT2D eigenvalue weighted by Crippen LogP contribution is 2.34. The van der Waals surface area contributed by atoms with Crippen molar-refractivity contribution in [1.29, 1.82) is 0 Å². The molecule has 0 amide bonds. The molecule has 0 aliphatic carbocycles. The van der Waals surface area contributed by atoms with Crippen LogP contribution in [0.15, 0.2) is 48.8 Å². The third-order valence-corrected chi connectivity index (χ3v) is 3.02. The minimum absolute atomic E-state index is 0.0937. The van der Waals surface area contributed by atoms with Crippen molar-refractivity contribution in [2.45, 2.75) is 0 Å². The zero-order chi connectivity index (χ0) is 16.4. The molecule has 0 fully saturated rings. The summed E-state index contributed by atoms with van der Waals surface area (Å²) in [5.74, 6) is 0.221. The lowest BCUT2D eigenvalue weighted by Crippen LogP contribution is -1.96. The third-order valence-electron chi connectivity index (χ3n) is 3.02. The first-order valence-corrected chi connectivity index (χ1v) is 6.36. The lowest BCUT2D eigenvalue weighted by Gasteiger charge is -2.06. The van der Waals surface area contributed by atoms with Crippen LogP contribution in [0, 0.1) is 20.2 Å². The molecule has 3 aromatic rings. The first kappa shape index (κ1) is 14.3. The predicted octanol–water partition coefficient (Wildman–Crippen LogP) is 3.24. The number of hydrogen-bond acceptors (Lipinski definition) is 7. The number of fused-ring (bicyclic) bond motifs is 1. The van der Waals surface area contributed by atoms with Gasteiger partial charge in [-0.15, -0.1) is 0 Å². The first-order valence-electron chi connectivity index (χ1n) is 6.36. The van der Waals surface area contributed by atoms with Crippen molar-refractivity contribution in [1.82, 2.24) is 9.97 Å². The number of nitro groups is 2. The Bertz CT molecular complexity index is 928. The minimum Gasteiger partial charge on any atom is -0.450 e. The quantitative estimate of drug-likeness (QED) is 0.535.